The fourth-order valence-corrected chi connectivity index (χ4v) is 4.29. The third kappa shape index (κ3) is 4.82. The lowest BCUT2D eigenvalue weighted by Gasteiger charge is -2.39. The second-order valence-electron chi connectivity index (χ2n) is 7.72. The van der Waals surface area contributed by atoms with Crippen LogP contribution in [-0.4, -0.2) is 72.8 Å². The summed E-state index contributed by atoms with van der Waals surface area (Å²) >= 11 is 6.02. The number of hydrogen-bond acceptors (Lipinski definition) is 4. The average Bonchev–Trinajstić information content (AvgIpc) is 2.80. The van der Waals surface area contributed by atoms with E-state index in [2.05, 4.69) is 22.3 Å². The van der Waals surface area contributed by atoms with E-state index in [0.29, 0.717) is 36.8 Å². The first-order valence-corrected chi connectivity index (χ1v) is 10.8. The van der Waals surface area contributed by atoms with Gasteiger partial charge in [-0.15, -0.1) is 0 Å². The molecular weight excluding hydrogens is 416 g/mol. The van der Waals surface area contributed by atoms with Crippen molar-refractivity contribution in [1.82, 2.24) is 15.1 Å². The van der Waals surface area contributed by atoms with Crippen molar-refractivity contribution in [3.63, 3.8) is 0 Å². The van der Waals surface area contributed by atoms with E-state index in [0.717, 1.165) is 18.8 Å². The quantitative estimate of drug-likeness (QED) is 0.789. The van der Waals surface area contributed by atoms with Crippen LogP contribution in [0.25, 0.3) is 0 Å². The average molecular weight is 441 g/mol. The highest BCUT2D eigenvalue weighted by molar-refractivity contribution is 6.31. The van der Waals surface area contributed by atoms with E-state index < -0.39 is 6.04 Å². The van der Waals surface area contributed by atoms with Crippen molar-refractivity contribution in [2.45, 2.75) is 12.5 Å². The van der Waals surface area contributed by atoms with E-state index in [1.807, 2.05) is 18.2 Å². The number of nitrogens with one attached hydrogen (secondary N) is 1. The molecule has 4 rings (SSSR count). The number of para-hydroxylation sites is 1. The maximum absolute atomic E-state index is 13.0. The molecule has 0 aromatic heterocycles. The van der Waals surface area contributed by atoms with Gasteiger partial charge in [0.05, 0.1) is 6.42 Å². The van der Waals surface area contributed by atoms with Crippen molar-refractivity contribution in [3.05, 3.63) is 65.2 Å². The third-order valence-electron chi connectivity index (χ3n) is 5.78. The maximum atomic E-state index is 13.0. The largest absolute Gasteiger partial charge is 0.368 e. The van der Waals surface area contributed by atoms with E-state index >= 15 is 0 Å². The van der Waals surface area contributed by atoms with E-state index in [9.17, 15) is 14.4 Å². The Morgan fingerprint density at radius 2 is 1.71 bits per heavy atom. The molecule has 2 aromatic carbocycles. The van der Waals surface area contributed by atoms with Gasteiger partial charge in [0.1, 0.15) is 6.04 Å². The summed E-state index contributed by atoms with van der Waals surface area (Å²) in [7, 11) is 0. The zero-order valence-electron chi connectivity index (χ0n) is 17.2. The molecule has 2 aliphatic heterocycles. The van der Waals surface area contributed by atoms with Crippen molar-refractivity contribution in [2.24, 2.45) is 0 Å². The standard InChI is InChI=1S/C23H25ClN4O3/c24-18-6-4-5-17(15-18)23(31)28-10-9-25-22(30)20(28)16-21(29)27-13-11-26(12-14-27)19-7-2-1-3-8-19/h1-8,15,20H,9-14,16H2,(H,25,30). The number of rotatable bonds is 4. The molecule has 2 saturated heterocycles. The monoisotopic (exact) mass is 440 g/mol. The van der Waals surface area contributed by atoms with Crippen LogP contribution in [0.5, 0.6) is 0 Å². The number of carbonyl (C=O) groups is 3. The molecule has 2 fully saturated rings. The van der Waals surface area contributed by atoms with Gasteiger partial charge in [0.15, 0.2) is 0 Å². The van der Waals surface area contributed by atoms with E-state index in [-0.39, 0.29) is 24.1 Å². The molecule has 2 aliphatic rings. The first-order valence-electron chi connectivity index (χ1n) is 10.4. The molecule has 31 heavy (non-hydrogen) atoms. The van der Waals surface area contributed by atoms with Crippen LogP contribution >= 0.6 is 11.6 Å². The Morgan fingerprint density at radius 1 is 0.968 bits per heavy atom. The molecule has 7 nitrogen and oxygen atoms in total. The van der Waals surface area contributed by atoms with Crippen LogP contribution in [0, 0.1) is 0 Å². The molecular formula is C23H25ClN4O3. The number of amides is 3. The number of benzene rings is 2. The van der Waals surface area contributed by atoms with Crippen LogP contribution in [0.15, 0.2) is 54.6 Å². The number of piperazine rings is 2. The van der Waals surface area contributed by atoms with Crippen molar-refractivity contribution in [1.29, 1.82) is 0 Å². The lowest BCUT2D eigenvalue weighted by atomic mass is 10.1. The topological polar surface area (TPSA) is 73.0 Å². The smallest absolute Gasteiger partial charge is 0.254 e. The normalized spacial score (nSPS) is 19.2. The minimum absolute atomic E-state index is 0.0243. The summed E-state index contributed by atoms with van der Waals surface area (Å²) in [6.07, 6.45) is -0.0243. The Labute approximate surface area is 186 Å². The predicted molar refractivity (Wildman–Crippen MR) is 119 cm³/mol. The van der Waals surface area contributed by atoms with Gasteiger partial charge in [0, 0.05) is 55.5 Å². The van der Waals surface area contributed by atoms with Crippen molar-refractivity contribution >= 4 is 35.0 Å². The van der Waals surface area contributed by atoms with Gasteiger partial charge in [-0.3, -0.25) is 14.4 Å². The summed E-state index contributed by atoms with van der Waals surface area (Å²) in [5.41, 5.74) is 1.55. The highest BCUT2D eigenvalue weighted by atomic mass is 35.5. The van der Waals surface area contributed by atoms with Crippen molar-refractivity contribution in [3.8, 4) is 0 Å². The fourth-order valence-electron chi connectivity index (χ4n) is 4.10. The molecule has 2 aromatic rings. The van der Waals surface area contributed by atoms with Gasteiger partial charge < -0.3 is 20.0 Å². The Kier molecular flexibility index (Phi) is 6.42. The zero-order chi connectivity index (χ0) is 21.8. The zero-order valence-corrected chi connectivity index (χ0v) is 17.9. The minimum Gasteiger partial charge on any atom is -0.368 e. The fraction of sp³-hybridized carbons (Fsp3) is 0.348. The summed E-state index contributed by atoms with van der Waals surface area (Å²) in [6.45, 7) is 3.37. The molecule has 0 aliphatic carbocycles. The Balaban J connectivity index is 1.41. The summed E-state index contributed by atoms with van der Waals surface area (Å²) in [5.74, 6) is -0.694. The Bertz CT molecular complexity index is 960. The summed E-state index contributed by atoms with van der Waals surface area (Å²) in [6, 6.07) is 15.9. The lowest BCUT2D eigenvalue weighted by Crippen LogP contribution is -2.59. The van der Waals surface area contributed by atoms with Gasteiger partial charge >= 0.3 is 0 Å². The molecule has 0 saturated carbocycles. The van der Waals surface area contributed by atoms with Gasteiger partial charge in [-0.25, -0.2) is 0 Å². The van der Waals surface area contributed by atoms with Gasteiger partial charge in [0.2, 0.25) is 11.8 Å². The summed E-state index contributed by atoms with van der Waals surface area (Å²) in [5, 5.41) is 3.23. The highest BCUT2D eigenvalue weighted by Crippen LogP contribution is 2.20. The SMILES string of the molecule is O=C1NCCN(C(=O)c2cccc(Cl)c2)C1CC(=O)N1CCN(c2ccccc2)CC1. The maximum Gasteiger partial charge on any atom is 0.254 e. The molecule has 0 spiro atoms. The molecule has 3 amide bonds. The van der Waals surface area contributed by atoms with Crippen LogP contribution in [0.3, 0.4) is 0 Å². The number of nitrogens with zero attached hydrogens (tertiary/aromatic N) is 3. The first-order chi connectivity index (χ1) is 15.0. The van der Waals surface area contributed by atoms with Gasteiger partial charge in [-0.2, -0.15) is 0 Å². The molecule has 162 valence electrons. The lowest BCUT2D eigenvalue weighted by molar-refractivity contribution is -0.138. The molecule has 0 radical (unpaired) electrons. The number of anilines is 1. The van der Waals surface area contributed by atoms with Gasteiger partial charge in [-0.05, 0) is 30.3 Å². The molecule has 2 heterocycles. The highest BCUT2D eigenvalue weighted by Gasteiger charge is 2.36. The van der Waals surface area contributed by atoms with Gasteiger partial charge in [-0.1, -0.05) is 35.9 Å². The second kappa shape index (κ2) is 9.39. The first kappa shape index (κ1) is 21.2. The van der Waals surface area contributed by atoms with Crippen LogP contribution in [0.2, 0.25) is 5.02 Å². The molecule has 1 N–H and O–H groups in total. The van der Waals surface area contributed by atoms with Crippen LogP contribution in [-0.2, 0) is 9.59 Å². The van der Waals surface area contributed by atoms with E-state index in [1.165, 1.54) is 4.90 Å². The Morgan fingerprint density at radius 3 is 2.42 bits per heavy atom. The summed E-state index contributed by atoms with van der Waals surface area (Å²) in [4.78, 5) is 44.1. The second-order valence-corrected chi connectivity index (χ2v) is 8.16. The van der Waals surface area contributed by atoms with Crippen molar-refractivity contribution < 1.29 is 14.4 Å². The molecule has 1 unspecified atom stereocenters. The Hall–Kier alpha value is -3.06. The number of carbonyl (C=O) groups excluding carboxylic acids is 3. The predicted octanol–water partition coefficient (Wildman–Crippen LogP) is 2.02. The molecule has 1 atom stereocenters. The van der Waals surface area contributed by atoms with Crippen LogP contribution < -0.4 is 10.2 Å². The van der Waals surface area contributed by atoms with E-state index in [1.54, 1.807) is 29.2 Å². The molecule has 0 bridgehead atoms. The summed E-state index contributed by atoms with van der Waals surface area (Å²) < 4.78 is 0. The van der Waals surface area contributed by atoms with Crippen molar-refractivity contribution in [2.75, 3.05) is 44.2 Å². The minimum atomic E-state index is -0.820. The van der Waals surface area contributed by atoms with Gasteiger partial charge in [0.25, 0.3) is 5.91 Å². The van der Waals surface area contributed by atoms with Crippen LogP contribution in [0.4, 0.5) is 5.69 Å². The number of hydrogen-bond donors (Lipinski definition) is 1. The molecule has 8 heteroatoms. The van der Waals surface area contributed by atoms with E-state index in [4.69, 9.17) is 11.6 Å². The number of halogens is 1. The van der Waals surface area contributed by atoms with Crippen LogP contribution in [0.1, 0.15) is 16.8 Å². The third-order valence-corrected chi connectivity index (χ3v) is 6.02.